The molecule has 0 aliphatic rings. The van der Waals surface area contributed by atoms with Crippen LogP contribution in [0.4, 0.5) is 18.9 Å². The zero-order chi connectivity index (χ0) is 12.2. The second-order valence-corrected chi connectivity index (χ2v) is 2.80. The summed E-state index contributed by atoms with van der Waals surface area (Å²) in [6.07, 6.45) is -3.77. The van der Waals surface area contributed by atoms with E-state index >= 15 is 0 Å². The molecule has 0 aliphatic heterocycles. The minimum absolute atomic E-state index is 0.0637. The van der Waals surface area contributed by atoms with E-state index in [1.54, 1.807) is 0 Å². The summed E-state index contributed by atoms with van der Waals surface area (Å²) in [7, 11) is 1.34. The molecule has 1 aromatic heterocycles. The molecule has 0 saturated carbocycles. The van der Waals surface area contributed by atoms with Gasteiger partial charge in [-0.15, -0.1) is 0 Å². The number of ether oxygens (including phenoxy) is 1. The lowest BCUT2D eigenvalue weighted by Gasteiger charge is -2.07. The van der Waals surface area contributed by atoms with Gasteiger partial charge in [-0.25, -0.2) is 9.97 Å². The van der Waals surface area contributed by atoms with Gasteiger partial charge in [0.25, 0.3) is 0 Å². The number of carbonyl (C=O) groups excluding carboxylic acids is 1. The molecule has 8 heteroatoms. The van der Waals surface area contributed by atoms with Crippen molar-refractivity contribution in [3.8, 4) is 6.01 Å². The van der Waals surface area contributed by atoms with Crippen molar-refractivity contribution < 1.29 is 22.7 Å². The number of rotatable bonds is 3. The van der Waals surface area contributed by atoms with Gasteiger partial charge in [0.05, 0.1) is 25.2 Å². The standard InChI is InChI=1S/C8H8F3N3O2/c1-16-7-12-3-5(4-13-7)14-6(15)2-8(9,10)11/h3-4H,2H2,1H3,(H,14,15). The van der Waals surface area contributed by atoms with Crippen LogP contribution in [0.25, 0.3) is 0 Å². The Labute approximate surface area is 88.7 Å². The van der Waals surface area contributed by atoms with Gasteiger partial charge in [0.2, 0.25) is 5.91 Å². The Morgan fingerprint density at radius 2 is 2.00 bits per heavy atom. The fraction of sp³-hybridized carbons (Fsp3) is 0.375. The Balaban J connectivity index is 2.56. The molecule has 0 unspecified atom stereocenters. The van der Waals surface area contributed by atoms with Gasteiger partial charge < -0.3 is 10.1 Å². The molecule has 5 nitrogen and oxygen atoms in total. The van der Waals surface area contributed by atoms with Crippen LogP contribution in [-0.4, -0.2) is 29.2 Å². The summed E-state index contributed by atoms with van der Waals surface area (Å²) in [5.74, 6) is -1.17. The number of aromatic nitrogens is 2. The second-order valence-electron chi connectivity index (χ2n) is 2.80. The van der Waals surface area contributed by atoms with E-state index in [0.717, 1.165) is 12.4 Å². The number of hydrogen-bond acceptors (Lipinski definition) is 4. The predicted molar refractivity (Wildman–Crippen MR) is 47.9 cm³/mol. The number of nitrogens with zero attached hydrogens (tertiary/aromatic N) is 2. The predicted octanol–water partition coefficient (Wildman–Crippen LogP) is 1.38. The van der Waals surface area contributed by atoms with Crippen LogP contribution < -0.4 is 10.1 Å². The van der Waals surface area contributed by atoms with Crippen LogP contribution in [0.1, 0.15) is 6.42 Å². The largest absolute Gasteiger partial charge is 0.467 e. The van der Waals surface area contributed by atoms with E-state index in [2.05, 4.69) is 14.7 Å². The highest BCUT2D eigenvalue weighted by atomic mass is 19.4. The highest BCUT2D eigenvalue weighted by molar-refractivity contribution is 5.90. The maximum atomic E-state index is 11.8. The van der Waals surface area contributed by atoms with Crippen LogP contribution >= 0.6 is 0 Å². The molecule has 0 aromatic carbocycles. The zero-order valence-electron chi connectivity index (χ0n) is 8.21. The molecular formula is C8H8F3N3O2. The number of hydrogen-bond donors (Lipinski definition) is 1. The fourth-order valence-electron chi connectivity index (χ4n) is 0.873. The Bertz CT molecular complexity index is 364. The lowest BCUT2D eigenvalue weighted by atomic mass is 10.4. The Morgan fingerprint density at radius 1 is 1.44 bits per heavy atom. The van der Waals surface area contributed by atoms with Crippen LogP contribution in [0, 0.1) is 0 Å². The SMILES string of the molecule is COc1ncc(NC(=O)CC(F)(F)F)cn1. The first-order chi connectivity index (χ1) is 7.40. The van der Waals surface area contributed by atoms with Gasteiger partial charge in [-0.05, 0) is 0 Å². The third kappa shape index (κ3) is 4.11. The Morgan fingerprint density at radius 3 is 2.44 bits per heavy atom. The minimum atomic E-state index is -4.53. The van der Waals surface area contributed by atoms with Crippen LogP contribution in [0.5, 0.6) is 6.01 Å². The van der Waals surface area contributed by atoms with Crippen LogP contribution in [0.2, 0.25) is 0 Å². The van der Waals surface area contributed by atoms with Crippen molar-refractivity contribution in [2.24, 2.45) is 0 Å². The van der Waals surface area contributed by atoms with E-state index in [0.29, 0.717) is 0 Å². The summed E-state index contributed by atoms with van der Waals surface area (Å²) in [4.78, 5) is 18.1. The first-order valence-electron chi connectivity index (χ1n) is 4.13. The van der Waals surface area contributed by atoms with Crippen molar-refractivity contribution in [1.82, 2.24) is 9.97 Å². The molecule has 0 spiro atoms. The number of halogens is 3. The summed E-state index contributed by atoms with van der Waals surface area (Å²) >= 11 is 0. The number of carbonyl (C=O) groups is 1. The lowest BCUT2D eigenvalue weighted by Crippen LogP contribution is -2.21. The van der Waals surface area contributed by atoms with Crippen molar-refractivity contribution in [1.29, 1.82) is 0 Å². The normalized spacial score (nSPS) is 11.0. The van der Waals surface area contributed by atoms with Crippen molar-refractivity contribution >= 4 is 11.6 Å². The van der Waals surface area contributed by atoms with Crippen molar-refractivity contribution in [3.63, 3.8) is 0 Å². The smallest absolute Gasteiger partial charge is 0.397 e. The summed E-state index contributed by atoms with van der Waals surface area (Å²) in [5, 5.41) is 2.01. The number of alkyl halides is 3. The van der Waals surface area contributed by atoms with Crippen LogP contribution in [-0.2, 0) is 4.79 Å². The molecule has 1 rings (SSSR count). The van der Waals surface area contributed by atoms with E-state index in [4.69, 9.17) is 0 Å². The molecule has 88 valence electrons. The quantitative estimate of drug-likeness (QED) is 0.859. The number of amides is 1. The van der Waals surface area contributed by atoms with Gasteiger partial charge in [-0.1, -0.05) is 0 Å². The lowest BCUT2D eigenvalue weighted by molar-refractivity contribution is -0.150. The summed E-state index contributed by atoms with van der Waals surface area (Å²) in [5.41, 5.74) is 0.0788. The molecule has 1 aromatic rings. The van der Waals surface area contributed by atoms with Gasteiger partial charge >= 0.3 is 12.2 Å². The molecule has 1 amide bonds. The van der Waals surface area contributed by atoms with Crippen LogP contribution in [0.3, 0.4) is 0 Å². The van der Waals surface area contributed by atoms with E-state index in [1.807, 2.05) is 5.32 Å². The molecule has 0 bridgehead atoms. The highest BCUT2D eigenvalue weighted by Gasteiger charge is 2.31. The topological polar surface area (TPSA) is 64.1 Å². The number of methoxy groups -OCH3 is 1. The number of nitrogens with one attached hydrogen (secondary N) is 1. The summed E-state index contributed by atoms with van der Waals surface area (Å²) in [6, 6.07) is 0.0637. The Kier molecular flexibility index (Phi) is 3.64. The highest BCUT2D eigenvalue weighted by Crippen LogP contribution is 2.20. The maximum absolute atomic E-state index is 11.8. The average molecular weight is 235 g/mol. The third-order valence-electron chi connectivity index (χ3n) is 1.46. The van der Waals surface area contributed by atoms with Gasteiger partial charge in [-0.3, -0.25) is 4.79 Å². The molecule has 16 heavy (non-hydrogen) atoms. The van der Waals surface area contributed by atoms with Crippen LogP contribution in [0.15, 0.2) is 12.4 Å². The molecule has 0 saturated heterocycles. The molecule has 1 heterocycles. The van der Waals surface area contributed by atoms with Crippen molar-refractivity contribution in [2.75, 3.05) is 12.4 Å². The zero-order valence-corrected chi connectivity index (χ0v) is 8.21. The molecule has 0 atom stereocenters. The maximum Gasteiger partial charge on any atom is 0.397 e. The van der Waals surface area contributed by atoms with E-state index in [9.17, 15) is 18.0 Å². The first-order valence-corrected chi connectivity index (χ1v) is 4.13. The number of anilines is 1. The molecule has 0 aliphatic carbocycles. The van der Waals surface area contributed by atoms with Gasteiger partial charge in [0, 0.05) is 0 Å². The average Bonchev–Trinajstić information content (AvgIpc) is 2.16. The first kappa shape index (κ1) is 12.2. The van der Waals surface area contributed by atoms with E-state index in [1.165, 1.54) is 7.11 Å². The summed E-state index contributed by atoms with van der Waals surface area (Å²) in [6.45, 7) is 0. The minimum Gasteiger partial charge on any atom is -0.467 e. The second kappa shape index (κ2) is 4.77. The molecule has 1 N–H and O–H groups in total. The molecule has 0 radical (unpaired) electrons. The fourth-order valence-corrected chi connectivity index (χ4v) is 0.873. The summed E-state index contributed by atoms with van der Waals surface area (Å²) < 4.78 is 40.1. The van der Waals surface area contributed by atoms with Gasteiger partial charge in [-0.2, -0.15) is 13.2 Å². The third-order valence-corrected chi connectivity index (χ3v) is 1.46. The van der Waals surface area contributed by atoms with E-state index < -0.39 is 18.5 Å². The molecular weight excluding hydrogens is 227 g/mol. The van der Waals surface area contributed by atoms with Gasteiger partial charge in [0.1, 0.15) is 6.42 Å². The Hall–Kier alpha value is -1.86. The van der Waals surface area contributed by atoms with Crippen molar-refractivity contribution in [2.45, 2.75) is 12.6 Å². The van der Waals surface area contributed by atoms with Crippen molar-refractivity contribution in [3.05, 3.63) is 12.4 Å². The monoisotopic (exact) mass is 235 g/mol. The van der Waals surface area contributed by atoms with Gasteiger partial charge in [0.15, 0.2) is 0 Å². The molecule has 0 fully saturated rings. The van der Waals surface area contributed by atoms with E-state index in [-0.39, 0.29) is 11.7 Å².